The van der Waals surface area contributed by atoms with E-state index >= 15 is 0 Å². The predicted octanol–water partition coefficient (Wildman–Crippen LogP) is 5.12. The summed E-state index contributed by atoms with van der Waals surface area (Å²) in [5.41, 5.74) is 4.00. The fourth-order valence-electron chi connectivity index (χ4n) is 3.27. The van der Waals surface area contributed by atoms with Gasteiger partial charge >= 0.3 is 0 Å². The second-order valence-electron chi connectivity index (χ2n) is 6.98. The fraction of sp³-hybridized carbons (Fsp3) is 0.250. The number of nitrogens with zero attached hydrogens (tertiary/aromatic N) is 2. The molecule has 0 aliphatic carbocycles. The summed E-state index contributed by atoms with van der Waals surface area (Å²) in [5.74, 6) is 1.69. The van der Waals surface area contributed by atoms with Gasteiger partial charge in [0.05, 0.1) is 44.3 Å². The Bertz CT molecular complexity index is 1130. The molecule has 0 saturated carbocycles. The monoisotopic (exact) mass is 440 g/mol. The zero-order valence-corrected chi connectivity index (χ0v) is 19.0. The Morgan fingerprint density at radius 2 is 1.68 bits per heavy atom. The maximum absolute atomic E-state index is 12.6. The number of benzene rings is 2. The Hall–Kier alpha value is -3.25. The molecular formula is C24H25ClN2O4. The SMILES string of the molecule is COc1ccc(/C=C/C(=O)c2ccc(OC)c(OC)c2)cc1Cn1nc(C)c(Cl)c1C. The van der Waals surface area contributed by atoms with Crippen LogP contribution in [0.25, 0.3) is 6.08 Å². The number of hydrogen-bond acceptors (Lipinski definition) is 5. The van der Waals surface area contributed by atoms with Gasteiger partial charge in [-0.2, -0.15) is 5.10 Å². The van der Waals surface area contributed by atoms with Crippen LogP contribution in [0.1, 0.15) is 32.9 Å². The van der Waals surface area contributed by atoms with Crippen LogP contribution in [0.2, 0.25) is 5.02 Å². The first-order chi connectivity index (χ1) is 14.9. The van der Waals surface area contributed by atoms with Gasteiger partial charge in [-0.25, -0.2) is 0 Å². The number of allylic oxidation sites excluding steroid dienone is 1. The predicted molar refractivity (Wildman–Crippen MR) is 122 cm³/mol. The third-order valence-corrected chi connectivity index (χ3v) is 5.56. The Morgan fingerprint density at radius 3 is 2.29 bits per heavy atom. The normalized spacial score (nSPS) is 11.0. The molecule has 162 valence electrons. The average Bonchev–Trinajstić information content (AvgIpc) is 3.03. The molecule has 0 unspecified atom stereocenters. The lowest BCUT2D eigenvalue weighted by Crippen LogP contribution is -2.06. The van der Waals surface area contributed by atoms with E-state index in [1.807, 2.05) is 36.7 Å². The first-order valence-corrected chi connectivity index (χ1v) is 10.1. The number of aryl methyl sites for hydroxylation is 1. The first kappa shape index (κ1) is 22.4. The van der Waals surface area contributed by atoms with E-state index < -0.39 is 0 Å². The summed E-state index contributed by atoms with van der Waals surface area (Å²) in [6.45, 7) is 4.32. The Labute approximate surface area is 187 Å². The highest BCUT2D eigenvalue weighted by Gasteiger charge is 2.13. The molecule has 3 aromatic rings. The summed E-state index contributed by atoms with van der Waals surface area (Å²) >= 11 is 6.27. The van der Waals surface area contributed by atoms with E-state index in [9.17, 15) is 4.79 Å². The van der Waals surface area contributed by atoms with Gasteiger partial charge in [0, 0.05) is 11.1 Å². The van der Waals surface area contributed by atoms with Crippen molar-refractivity contribution in [3.05, 3.63) is 75.6 Å². The van der Waals surface area contributed by atoms with Crippen LogP contribution in [0.5, 0.6) is 17.2 Å². The number of methoxy groups -OCH3 is 3. The van der Waals surface area contributed by atoms with Crippen molar-refractivity contribution in [2.75, 3.05) is 21.3 Å². The van der Waals surface area contributed by atoms with Crippen molar-refractivity contribution in [1.82, 2.24) is 9.78 Å². The largest absolute Gasteiger partial charge is 0.496 e. The lowest BCUT2D eigenvalue weighted by Gasteiger charge is -2.11. The minimum absolute atomic E-state index is 0.136. The van der Waals surface area contributed by atoms with Crippen molar-refractivity contribution in [3.8, 4) is 17.2 Å². The molecule has 0 aliphatic rings. The van der Waals surface area contributed by atoms with E-state index in [4.69, 9.17) is 25.8 Å². The number of rotatable bonds is 8. The molecule has 2 aromatic carbocycles. The van der Waals surface area contributed by atoms with E-state index in [2.05, 4.69) is 5.10 Å². The van der Waals surface area contributed by atoms with Gasteiger partial charge in [-0.1, -0.05) is 23.7 Å². The number of aromatic nitrogens is 2. The molecule has 0 aliphatic heterocycles. The third kappa shape index (κ3) is 4.91. The van der Waals surface area contributed by atoms with Crippen LogP contribution in [-0.4, -0.2) is 36.9 Å². The Morgan fingerprint density at radius 1 is 1.00 bits per heavy atom. The Balaban J connectivity index is 1.85. The smallest absolute Gasteiger partial charge is 0.185 e. The number of carbonyl (C=O) groups is 1. The summed E-state index contributed by atoms with van der Waals surface area (Å²) < 4.78 is 17.8. The molecule has 31 heavy (non-hydrogen) atoms. The summed E-state index contributed by atoms with van der Waals surface area (Å²) in [6.07, 6.45) is 3.31. The third-order valence-electron chi connectivity index (χ3n) is 5.01. The van der Waals surface area contributed by atoms with Crippen LogP contribution >= 0.6 is 11.6 Å². The lowest BCUT2D eigenvalue weighted by atomic mass is 10.1. The molecule has 0 saturated heterocycles. The standard InChI is InChI=1S/C24H25ClN2O4/c1-15-24(25)16(2)27(26-15)14-19-12-17(7-10-21(19)29-3)6-9-20(28)18-8-11-22(30-4)23(13-18)31-5/h6-13H,14H2,1-5H3/b9-6+. The van der Waals surface area contributed by atoms with Crippen LogP contribution in [-0.2, 0) is 6.54 Å². The zero-order valence-electron chi connectivity index (χ0n) is 18.2. The molecule has 0 N–H and O–H groups in total. The molecule has 0 atom stereocenters. The van der Waals surface area contributed by atoms with Gasteiger partial charge in [-0.3, -0.25) is 9.48 Å². The molecule has 0 amide bonds. The minimum atomic E-state index is -0.136. The van der Waals surface area contributed by atoms with Gasteiger partial charge in [0.25, 0.3) is 0 Å². The van der Waals surface area contributed by atoms with E-state index in [1.54, 1.807) is 38.5 Å². The topological polar surface area (TPSA) is 62.6 Å². The molecule has 3 rings (SSSR count). The van der Waals surface area contributed by atoms with Crippen molar-refractivity contribution in [1.29, 1.82) is 0 Å². The van der Waals surface area contributed by atoms with Gasteiger partial charge in [-0.15, -0.1) is 0 Å². The molecule has 0 fully saturated rings. The minimum Gasteiger partial charge on any atom is -0.496 e. The summed E-state index contributed by atoms with van der Waals surface area (Å²) in [4.78, 5) is 12.6. The highest BCUT2D eigenvalue weighted by atomic mass is 35.5. The molecular weight excluding hydrogens is 416 g/mol. The molecule has 0 radical (unpaired) electrons. The molecule has 7 heteroatoms. The number of halogens is 1. The van der Waals surface area contributed by atoms with Gasteiger partial charge in [0.15, 0.2) is 17.3 Å². The van der Waals surface area contributed by atoms with Crippen LogP contribution in [0, 0.1) is 13.8 Å². The molecule has 1 aromatic heterocycles. The van der Waals surface area contributed by atoms with Crippen LogP contribution < -0.4 is 14.2 Å². The van der Waals surface area contributed by atoms with Crippen molar-refractivity contribution in [2.45, 2.75) is 20.4 Å². The quantitative estimate of drug-likeness (QED) is 0.359. The molecule has 0 bridgehead atoms. The highest BCUT2D eigenvalue weighted by Crippen LogP contribution is 2.28. The first-order valence-electron chi connectivity index (χ1n) is 9.68. The van der Waals surface area contributed by atoms with E-state index in [0.717, 1.165) is 28.3 Å². The fourth-order valence-corrected chi connectivity index (χ4v) is 3.41. The van der Waals surface area contributed by atoms with Gasteiger partial charge in [0.1, 0.15) is 5.75 Å². The van der Waals surface area contributed by atoms with Crippen molar-refractivity contribution >= 4 is 23.5 Å². The lowest BCUT2D eigenvalue weighted by molar-refractivity contribution is 0.104. The summed E-state index contributed by atoms with van der Waals surface area (Å²) in [6, 6.07) is 10.8. The second-order valence-corrected chi connectivity index (χ2v) is 7.36. The number of ketones is 1. The number of hydrogen-bond donors (Lipinski definition) is 0. The number of ether oxygens (including phenoxy) is 3. The van der Waals surface area contributed by atoms with E-state index in [-0.39, 0.29) is 5.78 Å². The van der Waals surface area contributed by atoms with Gasteiger partial charge < -0.3 is 14.2 Å². The maximum Gasteiger partial charge on any atom is 0.185 e. The number of carbonyl (C=O) groups excluding carboxylic acids is 1. The van der Waals surface area contributed by atoms with Crippen molar-refractivity contribution in [3.63, 3.8) is 0 Å². The average molecular weight is 441 g/mol. The van der Waals surface area contributed by atoms with Crippen LogP contribution in [0.15, 0.2) is 42.5 Å². The zero-order chi connectivity index (χ0) is 22.5. The van der Waals surface area contributed by atoms with Crippen LogP contribution in [0.4, 0.5) is 0 Å². The van der Waals surface area contributed by atoms with Gasteiger partial charge in [-0.05, 0) is 55.8 Å². The second kappa shape index (κ2) is 9.71. The van der Waals surface area contributed by atoms with E-state index in [0.29, 0.717) is 28.6 Å². The van der Waals surface area contributed by atoms with Crippen LogP contribution in [0.3, 0.4) is 0 Å². The molecule has 0 spiro atoms. The maximum atomic E-state index is 12.6. The summed E-state index contributed by atoms with van der Waals surface area (Å²) in [7, 11) is 4.72. The molecule has 6 nitrogen and oxygen atoms in total. The Kier molecular flexibility index (Phi) is 7.02. The highest BCUT2D eigenvalue weighted by molar-refractivity contribution is 6.31. The van der Waals surface area contributed by atoms with E-state index in [1.165, 1.54) is 13.2 Å². The molecule has 1 heterocycles. The summed E-state index contributed by atoms with van der Waals surface area (Å²) in [5, 5.41) is 5.15. The van der Waals surface area contributed by atoms with Gasteiger partial charge in [0.2, 0.25) is 0 Å². The van der Waals surface area contributed by atoms with Crippen molar-refractivity contribution < 1.29 is 19.0 Å². The van der Waals surface area contributed by atoms with Crippen molar-refractivity contribution in [2.24, 2.45) is 0 Å².